The summed E-state index contributed by atoms with van der Waals surface area (Å²) in [6.07, 6.45) is 1.60. The Labute approximate surface area is 150 Å². The van der Waals surface area contributed by atoms with Crippen LogP contribution in [-0.2, 0) is 16.0 Å². The van der Waals surface area contributed by atoms with Crippen molar-refractivity contribution < 1.29 is 18.7 Å². The van der Waals surface area contributed by atoms with Crippen LogP contribution in [0.5, 0.6) is 0 Å². The van der Waals surface area contributed by atoms with Gasteiger partial charge in [0.25, 0.3) is 5.91 Å². The molecule has 1 N–H and O–H groups in total. The number of rotatable bonds is 7. The van der Waals surface area contributed by atoms with Gasteiger partial charge in [0.05, 0.1) is 10.6 Å². The van der Waals surface area contributed by atoms with Crippen molar-refractivity contribution in [2.75, 3.05) is 6.61 Å². The molecule has 1 unspecified atom stereocenters. The summed E-state index contributed by atoms with van der Waals surface area (Å²) in [5.74, 6) is -1.85. The van der Waals surface area contributed by atoms with Crippen LogP contribution < -0.4 is 5.32 Å². The molecule has 2 rings (SSSR count). The number of carbonyl (C=O) groups excluding carboxylic acids is 2. The summed E-state index contributed by atoms with van der Waals surface area (Å²) in [6, 6.07) is 13.3. The lowest BCUT2D eigenvalue weighted by atomic mass is 10.1. The molecule has 0 bridgehead atoms. The number of aryl methyl sites for hydroxylation is 1. The molecule has 0 aliphatic rings. The molecule has 0 saturated heterocycles. The second-order valence-electron chi connectivity index (χ2n) is 5.69. The van der Waals surface area contributed by atoms with Gasteiger partial charge < -0.3 is 10.1 Å². The van der Waals surface area contributed by atoms with Gasteiger partial charge in [-0.25, -0.2) is 9.18 Å². The Morgan fingerprint density at radius 1 is 1.20 bits per heavy atom. The molecule has 4 nitrogen and oxygen atoms in total. The van der Waals surface area contributed by atoms with Crippen molar-refractivity contribution in [3.63, 3.8) is 0 Å². The lowest BCUT2D eigenvalue weighted by Crippen LogP contribution is -2.36. The molecule has 0 radical (unpaired) electrons. The quantitative estimate of drug-likeness (QED) is 0.762. The first-order valence-corrected chi connectivity index (χ1v) is 8.29. The van der Waals surface area contributed by atoms with Crippen molar-refractivity contribution in [1.29, 1.82) is 0 Å². The van der Waals surface area contributed by atoms with Crippen LogP contribution in [0.1, 0.15) is 29.3 Å². The van der Waals surface area contributed by atoms with Gasteiger partial charge in [-0.05, 0) is 43.5 Å². The van der Waals surface area contributed by atoms with Gasteiger partial charge in [-0.15, -0.1) is 0 Å². The van der Waals surface area contributed by atoms with E-state index >= 15 is 0 Å². The normalized spacial score (nSPS) is 11.6. The van der Waals surface area contributed by atoms with Crippen molar-refractivity contribution in [2.45, 2.75) is 25.8 Å². The fourth-order valence-corrected chi connectivity index (χ4v) is 2.47. The van der Waals surface area contributed by atoms with Gasteiger partial charge in [0.1, 0.15) is 5.82 Å². The molecule has 132 valence electrons. The van der Waals surface area contributed by atoms with Crippen LogP contribution in [0.2, 0.25) is 5.02 Å². The van der Waals surface area contributed by atoms with Crippen LogP contribution >= 0.6 is 11.6 Å². The van der Waals surface area contributed by atoms with Gasteiger partial charge in [0, 0.05) is 6.04 Å². The number of ether oxygens (including phenoxy) is 1. The fourth-order valence-electron chi connectivity index (χ4n) is 2.28. The van der Waals surface area contributed by atoms with Crippen LogP contribution in [0, 0.1) is 5.82 Å². The molecular formula is C19H19ClFNO3. The zero-order valence-corrected chi connectivity index (χ0v) is 14.6. The van der Waals surface area contributed by atoms with Gasteiger partial charge in [-0.2, -0.15) is 0 Å². The highest BCUT2D eigenvalue weighted by Gasteiger charge is 2.15. The number of halogens is 2. The summed E-state index contributed by atoms with van der Waals surface area (Å²) in [5, 5.41) is 2.83. The predicted molar refractivity (Wildman–Crippen MR) is 94.1 cm³/mol. The summed E-state index contributed by atoms with van der Waals surface area (Å²) < 4.78 is 18.0. The summed E-state index contributed by atoms with van der Waals surface area (Å²) in [6.45, 7) is 1.44. The van der Waals surface area contributed by atoms with Crippen LogP contribution in [0.4, 0.5) is 4.39 Å². The lowest BCUT2D eigenvalue weighted by Gasteiger charge is -2.14. The molecule has 6 heteroatoms. The van der Waals surface area contributed by atoms with E-state index in [4.69, 9.17) is 16.3 Å². The molecule has 0 aliphatic heterocycles. The van der Waals surface area contributed by atoms with E-state index in [2.05, 4.69) is 5.32 Å². The highest BCUT2D eigenvalue weighted by atomic mass is 35.5. The number of hydrogen-bond donors (Lipinski definition) is 1. The monoisotopic (exact) mass is 363 g/mol. The van der Waals surface area contributed by atoms with Gasteiger partial charge in [-0.1, -0.05) is 41.9 Å². The second-order valence-corrected chi connectivity index (χ2v) is 6.10. The van der Waals surface area contributed by atoms with Crippen LogP contribution in [0.3, 0.4) is 0 Å². The Morgan fingerprint density at radius 3 is 2.64 bits per heavy atom. The molecule has 2 aromatic carbocycles. The van der Waals surface area contributed by atoms with E-state index < -0.39 is 24.3 Å². The van der Waals surface area contributed by atoms with E-state index in [1.54, 1.807) is 0 Å². The topological polar surface area (TPSA) is 55.4 Å². The van der Waals surface area contributed by atoms with E-state index in [0.29, 0.717) is 0 Å². The van der Waals surface area contributed by atoms with E-state index in [0.717, 1.165) is 25.0 Å². The zero-order valence-electron chi connectivity index (χ0n) is 13.8. The molecule has 0 spiro atoms. The van der Waals surface area contributed by atoms with E-state index in [1.807, 2.05) is 37.3 Å². The SMILES string of the molecule is CC(CCc1ccccc1)NC(=O)COC(=O)c1cc(F)ccc1Cl. The molecular weight excluding hydrogens is 345 g/mol. The number of carbonyl (C=O) groups is 2. The minimum absolute atomic E-state index is 0.0656. The Bertz CT molecular complexity index is 737. The zero-order chi connectivity index (χ0) is 18.2. The smallest absolute Gasteiger partial charge is 0.340 e. The highest BCUT2D eigenvalue weighted by Crippen LogP contribution is 2.17. The Balaban J connectivity index is 1.76. The Kier molecular flexibility index (Phi) is 6.95. The minimum atomic E-state index is -0.836. The predicted octanol–water partition coefficient (Wildman–Crippen LogP) is 3.77. The number of amides is 1. The first kappa shape index (κ1) is 18.9. The van der Waals surface area contributed by atoms with Crippen molar-refractivity contribution in [3.05, 3.63) is 70.5 Å². The van der Waals surface area contributed by atoms with Gasteiger partial charge in [-0.3, -0.25) is 4.79 Å². The number of benzene rings is 2. The standard InChI is InChI=1S/C19H19ClFNO3/c1-13(7-8-14-5-3-2-4-6-14)22-18(23)12-25-19(24)16-11-15(21)9-10-17(16)20/h2-6,9-11,13H,7-8,12H2,1H3,(H,22,23). The number of nitrogens with one attached hydrogen (secondary N) is 1. The molecule has 0 fully saturated rings. The van der Waals surface area contributed by atoms with Crippen LogP contribution in [0.25, 0.3) is 0 Å². The molecule has 0 saturated carbocycles. The maximum atomic E-state index is 13.2. The first-order chi connectivity index (χ1) is 12.0. The number of esters is 1. The maximum absolute atomic E-state index is 13.2. The van der Waals surface area contributed by atoms with Crippen LogP contribution in [0.15, 0.2) is 48.5 Å². The summed E-state index contributed by atoms with van der Waals surface area (Å²) in [5.41, 5.74) is 1.09. The first-order valence-electron chi connectivity index (χ1n) is 7.91. The maximum Gasteiger partial charge on any atom is 0.340 e. The van der Waals surface area contributed by atoms with Crippen molar-refractivity contribution >= 4 is 23.5 Å². The third kappa shape index (κ3) is 6.19. The summed E-state index contributed by atoms with van der Waals surface area (Å²) >= 11 is 5.82. The van der Waals surface area contributed by atoms with Crippen molar-refractivity contribution in [1.82, 2.24) is 5.32 Å². The molecule has 0 aliphatic carbocycles. The fraction of sp³-hybridized carbons (Fsp3) is 0.263. The third-order valence-electron chi connectivity index (χ3n) is 3.60. The van der Waals surface area contributed by atoms with Crippen molar-refractivity contribution in [2.24, 2.45) is 0 Å². The largest absolute Gasteiger partial charge is 0.452 e. The van der Waals surface area contributed by atoms with Gasteiger partial charge >= 0.3 is 5.97 Å². The summed E-state index contributed by atoms with van der Waals surface area (Å²) in [7, 11) is 0. The Hall–Kier alpha value is -2.40. The van der Waals surface area contributed by atoms with Gasteiger partial charge in [0.2, 0.25) is 0 Å². The molecule has 2 aromatic rings. The average molecular weight is 364 g/mol. The molecule has 25 heavy (non-hydrogen) atoms. The Morgan fingerprint density at radius 2 is 1.92 bits per heavy atom. The minimum Gasteiger partial charge on any atom is -0.452 e. The number of hydrogen-bond acceptors (Lipinski definition) is 3. The van der Waals surface area contributed by atoms with Gasteiger partial charge in [0.15, 0.2) is 6.61 Å². The van der Waals surface area contributed by atoms with E-state index in [9.17, 15) is 14.0 Å². The average Bonchev–Trinajstić information content (AvgIpc) is 2.61. The van der Waals surface area contributed by atoms with Crippen LogP contribution in [-0.4, -0.2) is 24.5 Å². The second kappa shape index (κ2) is 9.18. The molecule has 0 aromatic heterocycles. The third-order valence-corrected chi connectivity index (χ3v) is 3.93. The molecule has 1 atom stereocenters. The van der Waals surface area contributed by atoms with Crippen molar-refractivity contribution in [3.8, 4) is 0 Å². The lowest BCUT2D eigenvalue weighted by molar-refractivity contribution is -0.124. The van der Waals surface area contributed by atoms with E-state index in [1.165, 1.54) is 11.6 Å². The molecule has 0 heterocycles. The molecule has 1 amide bonds. The summed E-state index contributed by atoms with van der Waals surface area (Å²) in [4.78, 5) is 23.7. The van der Waals surface area contributed by atoms with E-state index in [-0.39, 0.29) is 16.6 Å². The highest BCUT2D eigenvalue weighted by molar-refractivity contribution is 6.33.